The number of rotatable bonds is 4. The van der Waals surface area contributed by atoms with E-state index in [0.717, 1.165) is 11.3 Å². The highest BCUT2D eigenvalue weighted by molar-refractivity contribution is 6.10. The molecule has 0 saturated carbocycles. The quantitative estimate of drug-likeness (QED) is 0.490. The molecule has 1 aliphatic rings. The van der Waals surface area contributed by atoms with E-state index in [-0.39, 0.29) is 22.8 Å². The zero-order valence-corrected chi connectivity index (χ0v) is 14.8. The lowest BCUT2D eigenvalue weighted by Crippen LogP contribution is -2.27. The number of phenolic OH excluding ortho intramolecular Hbond substituents is 2. The summed E-state index contributed by atoms with van der Waals surface area (Å²) in [5, 5.41) is 20.7. The number of aromatic hydroxyl groups is 2. The third-order valence-electron chi connectivity index (χ3n) is 4.09. The third kappa shape index (κ3) is 3.42. The largest absolute Gasteiger partial charge is 0.506 e. The minimum atomic E-state index is -0.600. The standard InChI is InChI=1S/C21H20O5/c1-21(2)11-10-15-19(24)16(12-18(23)20(15)26-21)17(22)9-6-13-4-7-14(25-3)8-5-13/h4-12,23-24H,1-3H3/b9-6+. The molecular formula is C21H20O5. The van der Waals surface area contributed by atoms with Crippen molar-refractivity contribution in [2.75, 3.05) is 7.11 Å². The summed E-state index contributed by atoms with van der Waals surface area (Å²) in [6.45, 7) is 3.67. The van der Waals surface area contributed by atoms with Crippen LogP contribution in [0.25, 0.3) is 12.2 Å². The van der Waals surface area contributed by atoms with E-state index >= 15 is 0 Å². The van der Waals surface area contributed by atoms with Gasteiger partial charge in [0.05, 0.1) is 18.2 Å². The summed E-state index contributed by atoms with van der Waals surface area (Å²) in [5.74, 6) is 0.0751. The van der Waals surface area contributed by atoms with Gasteiger partial charge in [0.25, 0.3) is 0 Å². The van der Waals surface area contributed by atoms with Gasteiger partial charge in [-0.3, -0.25) is 4.79 Å². The number of hydrogen-bond acceptors (Lipinski definition) is 5. The van der Waals surface area contributed by atoms with Gasteiger partial charge in [-0.05, 0) is 55.8 Å². The maximum atomic E-state index is 12.5. The Bertz CT molecular complexity index is 905. The molecule has 134 valence electrons. The van der Waals surface area contributed by atoms with Crippen LogP contribution in [0.5, 0.6) is 23.0 Å². The molecule has 0 radical (unpaired) electrons. The zero-order chi connectivity index (χ0) is 18.9. The molecule has 0 aliphatic carbocycles. The summed E-state index contributed by atoms with van der Waals surface area (Å²) in [4.78, 5) is 12.5. The summed E-state index contributed by atoms with van der Waals surface area (Å²) >= 11 is 0. The molecule has 2 aromatic rings. The second-order valence-corrected chi connectivity index (χ2v) is 6.54. The monoisotopic (exact) mass is 352 g/mol. The van der Waals surface area contributed by atoms with E-state index in [1.54, 1.807) is 37.5 Å². The van der Waals surface area contributed by atoms with Crippen molar-refractivity contribution in [1.82, 2.24) is 0 Å². The van der Waals surface area contributed by atoms with Crippen LogP contribution in [0.15, 0.2) is 42.5 Å². The van der Waals surface area contributed by atoms with Crippen LogP contribution >= 0.6 is 0 Å². The number of benzene rings is 2. The fourth-order valence-electron chi connectivity index (χ4n) is 2.67. The highest BCUT2D eigenvalue weighted by Gasteiger charge is 2.28. The van der Waals surface area contributed by atoms with Gasteiger partial charge in [0.2, 0.25) is 0 Å². The van der Waals surface area contributed by atoms with Gasteiger partial charge in [0, 0.05) is 0 Å². The number of carbonyl (C=O) groups excluding carboxylic acids is 1. The number of carbonyl (C=O) groups is 1. The molecule has 26 heavy (non-hydrogen) atoms. The molecule has 0 saturated heterocycles. The first-order valence-corrected chi connectivity index (χ1v) is 8.14. The van der Waals surface area contributed by atoms with Crippen LogP contribution in [0.1, 0.15) is 35.3 Å². The van der Waals surface area contributed by atoms with E-state index in [1.165, 1.54) is 12.1 Å². The van der Waals surface area contributed by atoms with Crippen molar-refractivity contribution < 1.29 is 24.5 Å². The predicted molar refractivity (Wildman–Crippen MR) is 99.9 cm³/mol. The van der Waals surface area contributed by atoms with Crippen molar-refractivity contribution >= 4 is 17.9 Å². The topological polar surface area (TPSA) is 76.0 Å². The Morgan fingerprint density at radius 2 is 1.88 bits per heavy atom. The van der Waals surface area contributed by atoms with Crippen LogP contribution < -0.4 is 9.47 Å². The number of allylic oxidation sites excluding steroid dienone is 1. The van der Waals surface area contributed by atoms with Crippen molar-refractivity contribution in [2.24, 2.45) is 0 Å². The lowest BCUT2D eigenvalue weighted by Gasteiger charge is -2.29. The summed E-state index contributed by atoms with van der Waals surface area (Å²) in [5.41, 5.74) is 0.520. The molecule has 0 spiro atoms. The number of ketones is 1. The van der Waals surface area contributed by atoms with Crippen LogP contribution in [-0.4, -0.2) is 28.7 Å². The first-order chi connectivity index (χ1) is 12.3. The lowest BCUT2D eigenvalue weighted by atomic mass is 9.97. The van der Waals surface area contributed by atoms with Gasteiger partial charge < -0.3 is 19.7 Å². The Balaban J connectivity index is 1.90. The van der Waals surface area contributed by atoms with Crippen LogP contribution in [0.3, 0.4) is 0 Å². The molecule has 1 aliphatic heterocycles. The first kappa shape index (κ1) is 17.6. The molecule has 0 unspecified atom stereocenters. The molecule has 3 rings (SSSR count). The Morgan fingerprint density at radius 3 is 2.54 bits per heavy atom. The van der Waals surface area contributed by atoms with Gasteiger partial charge in [0.15, 0.2) is 17.3 Å². The molecule has 5 heteroatoms. The summed E-state index contributed by atoms with van der Waals surface area (Å²) in [6.07, 6.45) is 6.39. The fraction of sp³-hybridized carbons (Fsp3) is 0.190. The number of phenols is 2. The van der Waals surface area contributed by atoms with Crippen molar-refractivity contribution in [1.29, 1.82) is 0 Å². The Hall–Kier alpha value is -3.21. The highest BCUT2D eigenvalue weighted by atomic mass is 16.5. The second-order valence-electron chi connectivity index (χ2n) is 6.54. The van der Waals surface area contributed by atoms with Gasteiger partial charge in [-0.15, -0.1) is 0 Å². The Kier molecular flexibility index (Phi) is 4.47. The minimum Gasteiger partial charge on any atom is -0.506 e. The van der Waals surface area contributed by atoms with Crippen LogP contribution in [0, 0.1) is 0 Å². The van der Waals surface area contributed by atoms with E-state index in [2.05, 4.69) is 0 Å². The predicted octanol–water partition coefficient (Wildman–Crippen LogP) is 4.19. The average molecular weight is 352 g/mol. The molecule has 0 fully saturated rings. The first-order valence-electron chi connectivity index (χ1n) is 8.14. The van der Waals surface area contributed by atoms with E-state index in [4.69, 9.17) is 9.47 Å². The molecule has 0 bridgehead atoms. The van der Waals surface area contributed by atoms with Gasteiger partial charge >= 0.3 is 0 Å². The van der Waals surface area contributed by atoms with Gasteiger partial charge in [-0.2, -0.15) is 0 Å². The van der Waals surface area contributed by atoms with E-state index < -0.39 is 11.4 Å². The molecule has 0 aromatic heterocycles. The number of ether oxygens (including phenoxy) is 2. The number of fused-ring (bicyclic) bond motifs is 1. The number of methoxy groups -OCH3 is 1. The maximum Gasteiger partial charge on any atom is 0.189 e. The van der Waals surface area contributed by atoms with Crippen LogP contribution in [0.2, 0.25) is 0 Å². The van der Waals surface area contributed by atoms with E-state index in [0.29, 0.717) is 5.56 Å². The number of hydrogen-bond donors (Lipinski definition) is 2. The van der Waals surface area contributed by atoms with Crippen molar-refractivity contribution in [3.63, 3.8) is 0 Å². The van der Waals surface area contributed by atoms with Crippen molar-refractivity contribution in [2.45, 2.75) is 19.4 Å². The van der Waals surface area contributed by atoms with Gasteiger partial charge in [0.1, 0.15) is 17.1 Å². The second kappa shape index (κ2) is 6.59. The van der Waals surface area contributed by atoms with Gasteiger partial charge in [-0.1, -0.05) is 18.2 Å². The minimum absolute atomic E-state index is 0.0129. The molecule has 5 nitrogen and oxygen atoms in total. The summed E-state index contributed by atoms with van der Waals surface area (Å²) in [7, 11) is 1.58. The third-order valence-corrected chi connectivity index (χ3v) is 4.09. The zero-order valence-electron chi connectivity index (χ0n) is 14.8. The fourth-order valence-corrected chi connectivity index (χ4v) is 2.67. The molecule has 2 aromatic carbocycles. The maximum absolute atomic E-state index is 12.5. The van der Waals surface area contributed by atoms with E-state index in [1.807, 2.05) is 26.0 Å². The van der Waals surface area contributed by atoms with E-state index in [9.17, 15) is 15.0 Å². The smallest absolute Gasteiger partial charge is 0.189 e. The molecular weight excluding hydrogens is 332 g/mol. The Morgan fingerprint density at radius 1 is 1.19 bits per heavy atom. The Labute approximate surface area is 151 Å². The average Bonchev–Trinajstić information content (AvgIpc) is 2.62. The SMILES string of the molecule is COc1ccc(/C=C/C(=O)c2cc(O)c3c(c2O)C=CC(C)(C)O3)cc1. The molecule has 0 atom stereocenters. The lowest BCUT2D eigenvalue weighted by molar-refractivity contribution is 0.104. The molecule has 1 heterocycles. The molecule has 2 N–H and O–H groups in total. The summed E-state index contributed by atoms with van der Waals surface area (Å²) < 4.78 is 10.8. The van der Waals surface area contributed by atoms with Crippen LogP contribution in [-0.2, 0) is 0 Å². The van der Waals surface area contributed by atoms with Crippen LogP contribution in [0.4, 0.5) is 0 Å². The van der Waals surface area contributed by atoms with Gasteiger partial charge in [-0.25, -0.2) is 0 Å². The van der Waals surface area contributed by atoms with Crippen molar-refractivity contribution in [3.8, 4) is 23.0 Å². The molecule has 0 amide bonds. The normalized spacial score (nSPS) is 14.7. The summed E-state index contributed by atoms with van der Waals surface area (Å²) in [6, 6.07) is 8.42. The highest BCUT2D eigenvalue weighted by Crippen LogP contribution is 2.44. The van der Waals surface area contributed by atoms with Crippen molar-refractivity contribution in [3.05, 3.63) is 59.2 Å².